The van der Waals surface area contributed by atoms with Crippen LogP contribution in [-0.4, -0.2) is 29.9 Å². The van der Waals surface area contributed by atoms with Crippen molar-refractivity contribution in [3.8, 4) is 0 Å². The van der Waals surface area contributed by atoms with Crippen molar-refractivity contribution in [3.05, 3.63) is 0 Å². The Morgan fingerprint density at radius 1 is 1.25 bits per heavy atom. The summed E-state index contributed by atoms with van der Waals surface area (Å²) in [6.07, 6.45) is 5.63. The highest BCUT2D eigenvalue weighted by molar-refractivity contribution is 6.18. The second kappa shape index (κ2) is 4.69. The van der Waals surface area contributed by atoms with Crippen molar-refractivity contribution in [2.24, 2.45) is 5.92 Å². The molecule has 1 saturated carbocycles. The molecule has 0 radical (unpaired) electrons. The SMILES string of the molecule is Cl.ClCC(C1CC1)N1CCCC1. The Morgan fingerprint density at radius 2 is 1.83 bits per heavy atom. The van der Waals surface area contributed by atoms with Crippen molar-refractivity contribution in [2.75, 3.05) is 19.0 Å². The average molecular weight is 210 g/mol. The molecule has 0 amide bonds. The topological polar surface area (TPSA) is 3.24 Å². The van der Waals surface area contributed by atoms with E-state index in [4.69, 9.17) is 11.6 Å². The lowest BCUT2D eigenvalue weighted by molar-refractivity contribution is 0.238. The van der Waals surface area contributed by atoms with Crippen molar-refractivity contribution in [3.63, 3.8) is 0 Å². The first-order valence-electron chi connectivity index (χ1n) is 4.72. The number of likely N-dealkylation sites (tertiary alicyclic amines) is 1. The Kier molecular flexibility index (Phi) is 4.15. The summed E-state index contributed by atoms with van der Waals surface area (Å²) in [5.41, 5.74) is 0. The number of halogens is 2. The minimum atomic E-state index is 0. The van der Waals surface area contributed by atoms with Crippen molar-refractivity contribution in [1.29, 1.82) is 0 Å². The van der Waals surface area contributed by atoms with Gasteiger partial charge in [-0.05, 0) is 44.7 Å². The summed E-state index contributed by atoms with van der Waals surface area (Å²) in [6.45, 7) is 2.60. The predicted octanol–water partition coefficient (Wildman–Crippen LogP) is 2.52. The number of hydrogen-bond donors (Lipinski definition) is 0. The first-order valence-corrected chi connectivity index (χ1v) is 5.25. The largest absolute Gasteiger partial charge is 0.299 e. The Labute approximate surface area is 85.9 Å². The van der Waals surface area contributed by atoms with E-state index in [0.717, 1.165) is 17.8 Å². The van der Waals surface area contributed by atoms with Gasteiger partial charge in [0.15, 0.2) is 0 Å². The van der Waals surface area contributed by atoms with Gasteiger partial charge in [0.05, 0.1) is 0 Å². The van der Waals surface area contributed by atoms with Crippen molar-refractivity contribution >= 4 is 24.0 Å². The van der Waals surface area contributed by atoms with Crippen molar-refractivity contribution < 1.29 is 0 Å². The van der Waals surface area contributed by atoms with Gasteiger partial charge in [0, 0.05) is 11.9 Å². The Hall–Kier alpha value is 0.540. The molecule has 0 aromatic rings. The lowest BCUT2D eigenvalue weighted by atomic mass is 10.2. The van der Waals surface area contributed by atoms with Crippen LogP contribution in [-0.2, 0) is 0 Å². The van der Waals surface area contributed by atoms with Crippen LogP contribution in [0.3, 0.4) is 0 Å². The summed E-state index contributed by atoms with van der Waals surface area (Å²) in [6, 6.07) is 0.721. The van der Waals surface area contributed by atoms with Crippen molar-refractivity contribution in [2.45, 2.75) is 31.7 Å². The van der Waals surface area contributed by atoms with E-state index in [9.17, 15) is 0 Å². The van der Waals surface area contributed by atoms with Crippen LogP contribution >= 0.6 is 24.0 Å². The van der Waals surface area contributed by atoms with Gasteiger partial charge in [-0.3, -0.25) is 4.90 Å². The average Bonchev–Trinajstić information content (AvgIpc) is 2.68. The monoisotopic (exact) mass is 209 g/mol. The molecule has 2 aliphatic rings. The van der Waals surface area contributed by atoms with E-state index in [1.54, 1.807) is 0 Å². The van der Waals surface area contributed by atoms with Crippen LogP contribution in [0.15, 0.2) is 0 Å². The van der Waals surface area contributed by atoms with Gasteiger partial charge in [-0.1, -0.05) is 0 Å². The van der Waals surface area contributed by atoms with E-state index in [-0.39, 0.29) is 12.4 Å². The van der Waals surface area contributed by atoms with Gasteiger partial charge in [-0.2, -0.15) is 0 Å². The van der Waals surface area contributed by atoms with Gasteiger partial charge in [0.2, 0.25) is 0 Å². The van der Waals surface area contributed by atoms with Crippen LogP contribution in [0.4, 0.5) is 0 Å². The number of rotatable bonds is 3. The Bertz CT molecular complexity index is 130. The second-order valence-electron chi connectivity index (χ2n) is 3.80. The molecule has 1 atom stereocenters. The lowest BCUT2D eigenvalue weighted by Crippen LogP contribution is -2.35. The first-order chi connectivity index (χ1) is 5.42. The highest BCUT2D eigenvalue weighted by Gasteiger charge is 2.35. The van der Waals surface area contributed by atoms with E-state index in [1.807, 2.05) is 0 Å². The highest BCUT2D eigenvalue weighted by atomic mass is 35.5. The standard InChI is InChI=1S/C9H16ClN.ClH/c10-7-9(8-3-4-8)11-5-1-2-6-11;/h8-9H,1-7H2;1H. The van der Waals surface area contributed by atoms with Crippen LogP contribution < -0.4 is 0 Å². The second-order valence-corrected chi connectivity index (χ2v) is 4.11. The normalized spacial score (nSPS) is 26.8. The number of hydrogen-bond acceptors (Lipinski definition) is 1. The van der Waals surface area contributed by atoms with Crippen LogP contribution in [0.2, 0.25) is 0 Å². The third-order valence-corrected chi connectivity index (χ3v) is 3.25. The third-order valence-electron chi connectivity index (χ3n) is 2.93. The first kappa shape index (κ1) is 10.6. The molecular formula is C9H17Cl2N. The summed E-state index contributed by atoms with van der Waals surface area (Å²) in [5.74, 6) is 1.80. The Balaban J connectivity index is 0.000000720. The minimum absolute atomic E-state index is 0. The molecule has 0 aromatic carbocycles. The van der Waals surface area contributed by atoms with Crippen LogP contribution in [0.25, 0.3) is 0 Å². The summed E-state index contributed by atoms with van der Waals surface area (Å²) in [5, 5.41) is 0. The van der Waals surface area contributed by atoms with E-state index in [1.165, 1.54) is 38.8 Å². The van der Waals surface area contributed by atoms with Gasteiger partial charge in [-0.15, -0.1) is 24.0 Å². The molecule has 1 aliphatic heterocycles. The molecule has 2 fully saturated rings. The maximum Gasteiger partial charge on any atom is 0.0382 e. The van der Waals surface area contributed by atoms with Crippen LogP contribution in [0, 0.1) is 5.92 Å². The molecule has 1 unspecified atom stereocenters. The molecular weight excluding hydrogens is 193 g/mol. The van der Waals surface area contributed by atoms with Gasteiger partial charge >= 0.3 is 0 Å². The van der Waals surface area contributed by atoms with E-state index in [0.29, 0.717) is 0 Å². The van der Waals surface area contributed by atoms with E-state index < -0.39 is 0 Å². The molecule has 0 spiro atoms. The van der Waals surface area contributed by atoms with Crippen molar-refractivity contribution in [1.82, 2.24) is 4.90 Å². The molecule has 0 bridgehead atoms. The summed E-state index contributed by atoms with van der Waals surface area (Å²) < 4.78 is 0. The van der Waals surface area contributed by atoms with E-state index >= 15 is 0 Å². The zero-order chi connectivity index (χ0) is 7.68. The number of alkyl halides is 1. The predicted molar refractivity (Wildman–Crippen MR) is 55.3 cm³/mol. The van der Waals surface area contributed by atoms with Gasteiger partial charge in [0.25, 0.3) is 0 Å². The summed E-state index contributed by atoms with van der Waals surface area (Å²) in [4.78, 5) is 2.59. The molecule has 72 valence electrons. The summed E-state index contributed by atoms with van der Waals surface area (Å²) in [7, 11) is 0. The molecule has 12 heavy (non-hydrogen) atoms. The fourth-order valence-electron chi connectivity index (χ4n) is 2.08. The Morgan fingerprint density at radius 3 is 2.25 bits per heavy atom. The zero-order valence-electron chi connectivity index (χ0n) is 7.34. The molecule has 1 heterocycles. The molecule has 1 saturated heterocycles. The molecule has 0 aromatic heterocycles. The smallest absolute Gasteiger partial charge is 0.0382 e. The summed E-state index contributed by atoms with van der Waals surface area (Å²) >= 11 is 5.94. The van der Waals surface area contributed by atoms with E-state index in [2.05, 4.69) is 4.90 Å². The van der Waals surface area contributed by atoms with Crippen LogP contribution in [0.1, 0.15) is 25.7 Å². The molecule has 0 N–H and O–H groups in total. The fraction of sp³-hybridized carbons (Fsp3) is 1.00. The maximum absolute atomic E-state index is 5.94. The van der Waals surface area contributed by atoms with Gasteiger partial charge in [0.1, 0.15) is 0 Å². The quantitative estimate of drug-likeness (QED) is 0.647. The minimum Gasteiger partial charge on any atom is -0.299 e. The van der Waals surface area contributed by atoms with Gasteiger partial charge < -0.3 is 0 Å². The highest BCUT2D eigenvalue weighted by Crippen LogP contribution is 2.36. The third kappa shape index (κ3) is 2.27. The molecule has 3 heteroatoms. The maximum atomic E-state index is 5.94. The molecule has 1 aliphatic carbocycles. The molecule has 1 nitrogen and oxygen atoms in total. The zero-order valence-corrected chi connectivity index (χ0v) is 8.91. The van der Waals surface area contributed by atoms with Gasteiger partial charge in [-0.25, -0.2) is 0 Å². The fourth-order valence-corrected chi connectivity index (χ4v) is 2.52. The van der Waals surface area contributed by atoms with Crippen LogP contribution in [0.5, 0.6) is 0 Å². The lowest BCUT2D eigenvalue weighted by Gasteiger charge is -2.25. The molecule has 2 rings (SSSR count). The number of nitrogens with zero attached hydrogens (tertiary/aromatic N) is 1.